The third kappa shape index (κ3) is 5.59. The van der Waals surface area contributed by atoms with Crippen LogP contribution in [0.1, 0.15) is 18.4 Å². The summed E-state index contributed by atoms with van der Waals surface area (Å²) in [5, 5.41) is 0. The highest BCUT2D eigenvalue weighted by Gasteiger charge is 2.31. The largest absolute Gasteiger partial charge is 0.497 e. The van der Waals surface area contributed by atoms with E-state index in [0.29, 0.717) is 6.54 Å². The number of carbonyl (C=O) groups excluding carboxylic acids is 1. The summed E-state index contributed by atoms with van der Waals surface area (Å²) in [5.74, 6) is 1.98. The third-order valence-electron chi connectivity index (χ3n) is 6.95. The van der Waals surface area contributed by atoms with E-state index < -0.39 is 0 Å². The molecule has 0 aliphatic carbocycles. The van der Waals surface area contributed by atoms with Gasteiger partial charge in [0.2, 0.25) is 5.91 Å². The van der Waals surface area contributed by atoms with Crippen LogP contribution in [0.25, 0.3) is 11.3 Å². The summed E-state index contributed by atoms with van der Waals surface area (Å²) in [4.78, 5) is 33.3. The predicted molar refractivity (Wildman–Crippen MR) is 135 cm³/mol. The molecule has 2 saturated heterocycles. The average molecular weight is 473 g/mol. The second-order valence-corrected chi connectivity index (χ2v) is 9.24. The number of piperidine rings is 1. The number of amides is 1. The molecule has 5 rings (SSSR count). The van der Waals surface area contributed by atoms with Crippen LogP contribution in [0.4, 0.5) is 5.82 Å². The zero-order valence-corrected chi connectivity index (χ0v) is 20.2. The van der Waals surface area contributed by atoms with Gasteiger partial charge in [-0.25, -0.2) is 9.97 Å². The van der Waals surface area contributed by atoms with E-state index in [1.54, 1.807) is 19.6 Å². The molecule has 0 radical (unpaired) electrons. The van der Waals surface area contributed by atoms with Crippen LogP contribution in [0.15, 0.2) is 61.2 Å². The molecule has 0 saturated carbocycles. The SMILES string of the molecule is COc1ccc(-c2cc(N3CCCC(C(=O)N4CCN(Cc5cccnc5)CC4)C3)ncn2)cc1. The van der Waals surface area contributed by atoms with Crippen molar-refractivity contribution < 1.29 is 9.53 Å². The van der Waals surface area contributed by atoms with E-state index in [4.69, 9.17) is 4.74 Å². The van der Waals surface area contributed by atoms with Gasteiger partial charge in [-0.05, 0) is 48.7 Å². The Bertz CT molecular complexity index is 1120. The number of hydrogen-bond acceptors (Lipinski definition) is 7. The summed E-state index contributed by atoms with van der Waals surface area (Å²) in [7, 11) is 1.66. The molecule has 2 fully saturated rings. The monoisotopic (exact) mass is 472 g/mol. The highest BCUT2D eigenvalue weighted by Crippen LogP contribution is 2.27. The Balaban J connectivity index is 1.19. The molecule has 35 heavy (non-hydrogen) atoms. The van der Waals surface area contributed by atoms with E-state index in [-0.39, 0.29) is 11.8 Å². The fourth-order valence-electron chi connectivity index (χ4n) is 4.96. The van der Waals surface area contributed by atoms with E-state index >= 15 is 0 Å². The van der Waals surface area contributed by atoms with Crippen molar-refractivity contribution in [2.75, 3.05) is 51.3 Å². The van der Waals surface area contributed by atoms with Crippen LogP contribution < -0.4 is 9.64 Å². The molecule has 4 heterocycles. The van der Waals surface area contributed by atoms with Crippen molar-refractivity contribution in [2.24, 2.45) is 5.92 Å². The summed E-state index contributed by atoms with van der Waals surface area (Å²) in [6.07, 6.45) is 7.25. The van der Waals surface area contributed by atoms with Gasteiger partial charge in [0.15, 0.2) is 0 Å². The van der Waals surface area contributed by atoms with Gasteiger partial charge < -0.3 is 14.5 Å². The summed E-state index contributed by atoms with van der Waals surface area (Å²) in [5.41, 5.74) is 3.10. The molecule has 1 atom stereocenters. The Morgan fingerprint density at radius 1 is 1.06 bits per heavy atom. The molecule has 2 aromatic heterocycles. The highest BCUT2D eigenvalue weighted by atomic mass is 16.5. The zero-order valence-electron chi connectivity index (χ0n) is 20.2. The van der Waals surface area contributed by atoms with Gasteiger partial charge in [0.1, 0.15) is 17.9 Å². The van der Waals surface area contributed by atoms with Crippen LogP contribution in [-0.4, -0.2) is 77.0 Å². The number of hydrogen-bond donors (Lipinski definition) is 0. The van der Waals surface area contributed by atoms with Crippen molar-refractivity contribution >= 4 is 11.7 Å². The number of pyridine rings is 1. The summed E-state index contributed by atoms with van der Waals surface area (Å²) in [6, 6.07) is 14.0. The number of ether oxygens (including phenoxy) is 1. The Hall–Kier alpha value is -3.52. The van der Waals surface area contributed by atoms with Crippen molar-refractivity contribution in [2.45, 2.75) is 19.4 Å². The molecule has 1 unspecified atom stereocenters. The lowest BCUT2D eigenvalue weighted by atomic mass is 9.96. The molecule has 0 N–H and O–H groups in total. The third-order valence-corrected chi connectivity index (χ3v) is 6.95. The molecular formula is C27H32N6O2. The maximum Gasteiger partial charge on any atom is 0.227 e. The van der Waals surface area contributed by atoms with Crippen molar-refractivity contribution in [1.82, 2.24) is 24.8 Å². The molecule has 1 aromatic carbocycles. The predicted octanol–water partition coefficient (Wildman–Crippen LogP) is 3.11. The number of anilines is 1. The van der Waals surface area contributed by atoms with Crippen LogP contribution in [0.5, 0.6) is 5.75 Å². The van der Waals surface area contributed by atoms with Gasteiger partial charge in [0, 0.05) is 69.8 Å². The number of carbonyl (C=O) groups is 1. The number of nitrogens with zero attached hydrogens (tertiary/aromatic N) is 6. The summed E-state index contributed by atoms with van der Waals surface area (Å²) >= 11 is 0. The van der Waals surface area contributed by atoms with E-state index in [0.717, 1.165) is 74.9 Å². The summed E-state index contributed by atoms with van der Waals surface area (Å²) in [6.45, 7) is 5.85. The quantitative estimate of drug-likeness (QED) is 0.546. The van der Waals surface area contributed by atoms with Gasteiger partial charge >= 0.3 is 0 Å². The Labute approximate surface area is 206 Å². The lowest BCUT2D eigenvalue weighted by Gasteiger charge is -2.39. The Morgan fingerprint density at radius 2 is 1.89 bits per heavy atom. The first kappa shape index (κ1) is 23.2. The first-order valence-electron chi connectivity index (χ1n) is 12.3. The molecule has 0 bridgehead atoms. The first-order chi connectivity index (χ1) is 17.2. The number of benzene rings is 1. The van der Waals surface area contributed by atoms with Gasteiger partial charge in [0.25, 0.3) is 0 Å². The van der Waals surface area contributed by atoms with Gasteiger partial charge in [-0.15, -0.1) is 0 Å². The fraction of sp³-hybridized carbons (Fsp3) is 0.407. The maximum absolute atomic E-state index is 13.4. The molecule has 2 aliphatic heterocycles. The number of piperazine rings is 1. The minimum atomic E-state index is 0.00743. The van der Waals surface area contributed by atoms with E-state index in [2.05, 4.69) is 35.7 Å². The lowest BCUT2D eigenvalue weighted by molar-refractivity contribution is -0.137. The number of aromatic nitrogens is 3. The molecular weight excluding hydrogens is 440 g/mol. The molecule has 1 amide bonds. The van der Waals surface area contributed by atoms with Crippen molar-refractivity contribution in [3.05, 3.63) is 66.7 Å². The Kier molecular flexibility index (Phi) is 7.18. The standard InChI is InChI=1S/C27H32N6O2/c1-35-24-8-6-22(7-9-24)25-16-26(30-20-29-25)33-11-3-5-23(19-33)27(34)32-14-12-31(13-15-32)18-21-4-2-10-28-17-21/h2,4,6-10,16-17,20,23H,3,5,11-15,18-19H2,1H3. The zero-order chi connectivity index (χ0) is 24.0. The van der Waals surface area contributed by atoms with Crippen LogP contribution in [0.3, 0.4) is 0 Å². The highest BCUT2D eigenvalue weighted by molar-refractivity contribution is 5.80. The van der Waals surface area contributed by atoms with Crippen LogP contribution in [0, 0.1) is 5.92 Å². The van der Waals surface area contributed by atoms with Crippen LogP contribution >= 0.6 is 0 Å². The van der Waals surface area contributed by atoms with Crippen LogP contribution in [0.2, 0.25) is 0 Å². The molecule has 182 valence electrons. The summed E-state index contributed by atoms with van der Waals surface area (Å²) < 4.78 is 5.26. The minimum absolute atomic E-state index is 0.00743. The topological polar surface area (TPSA) is 74.7 Å². The molecule has 0 spiro atoms. The molecule has 8 nitrogen and oxygen atoms in total. The average Bonchev–Trinajstić information content (AvgIpc) is 2.94. The second-order valence-electron chi connectivity index (χ2n) is 9.24. The van der Waals surface area contributed by atoms with Crippen molar-refractivity contribution in [3.63, 3.8) is 0 Å². The molecule has 3 aromatic rings. The smallest absolute Gasteiger partial charge is 0.227 e. The fourth-order valence-corrected chi connectivity index (χ4v) is 4.96. The first-order valence-corrected chi connectivity index (χ1v) is 12.3. The van der Waals surface area contributed by atoms with Crippen LogP contribution in [-0.2, 0) is 11.3 Å². The van der Waals surface area contributed by atoms with Crippen molar-refractivity contribution in [1.29, 1.82) is 0 Å². The minimum Gasteiger partial charge on any atom is -0.497 e. The molecule has 8 heteroatoms. The van der Waals surface area contributed by atoms with E-state index in [9.17, 15) is 4.79 Å². The number of rotatable bonds is 6. The van der Waals surface area contributed by atoms with E-state index in [1.807, 2.05) is 42.6 Å². The second kappa shape index (κ2) is 10.8. The van der Waals surface area contributed by atoms with Gasteiger partial charge in [-0.2, -0.15) is 0 Å². The maximum atomic E-state index is 13.4. The van der Waals surface area contributed by atoms with Crippen molar-refractivity contribution in [3.8, 4) is 17.0 Å². The Morgan fingerprint density at radius 3 is 2.63 bits per heavy atom. The molecule has 2 aliphatic rings. The van der Waals surface area contributed by atoms with Gasteiger partial charge in [-0.1, -0.05) is 6.07 Å². The van der Waals surface area contributed by atoms with E-state index in [1.165, 1.54) is 5.56 Å². The number of methoxy groups -OCH3 is 1. The normalized spacial score (nSPS) is 18.9. The lowest BCUT2D eigenvalue weighted by Crippen LogP contribution is -2.52. The van der Waals surface area contributed by atoms with Gasteiger partial charge in [-0.3, -0.25) is 14.7 Å². The van der Waals surface area contributed by atoms with Gasteiger partial charge in [0.05, 0.1) is 18.7 Å².